The molecular formula is C16H15F3N2O3S. The topological polar surface area (TPSA) is 66.5 Å². The van der Waals surface area contributed by atoms with Gasteiger partial charge < -0.3 is 5.32 Å². The smallest absolute Gasteiger partial charge is 0.248 e. The number of carbonyl (C=O) groups is 1. The number of sulfonamides is 1. The number of nitrogens with zero attached hydrogens (tertiary/aromatic N) is 1. The fraction of sp³-hybridized carbons (Fsp3) is 0.188. The number of benzene rings is 2. The van der Waals surface area contributed by atoms with Gasteiger partial charge in [0, 0.05) is 6.07 Å². The Morgan fingerprint density at radius 3 is 2.24 bits per heavy atom. The van der Waals surface area contributed by atoms with Gasteiger partial charge in [0.25, 0.3) is 0 Å². The summed E-state index contributed by atoms with van der Waals surface area (Å²) in [5.74, 6) is -3.93. The molecule has 2 aromatic carbocycles. The molecular weight excluding hydrogens is 357 g/mol. The van der Waals surface area contributed by atoms with Crippen molar-refractivity contribution in [2.45, 2.75) is 13.0 Å². The van der Waals surface area contributed by atoms with E-state index in [-0.39, 0.29) is 11.4 Å². The zero-order valence-electron chi connectivity index (χ0n) is 13.3. The molecule has 0 aliphatic rings. The van der Waals surface area contributed by atoms with Crippen LogP contribution >= 0.6 is 0 Å². The Balaban J connectivity index is 2.36. The largest absolute Gasteiger partial charge is 0.322 e. The zero-order valence-corrected chi connectivity index (χ0v) is 14.1. The molecule has 0 aliphatic carbocycles. The quantitative estimate of drug-likeness (QED) is 0.878. The molecule has 0 bridgehead atoms. The van der Waals surface area contributed by atoms with Crippen molar-refractivity contribution in [2.75, 3.05) is 15.9 Å². The standard InChI is InChI=1S/C16H15F3N2O3S/c1-10(16(22)20-15-6-4-3-5-13(15)18)21(25(2,23)24)11-7-8-12(17)14(19)9-11/h3-10H,1-2H3,(H,20,22)/t10-/m0/s1. The minimum absolute atomic E-state index is 0.127. The van der Waals surface area contributed by atoms with Crippen molar-refractivity contribution in [2.24, 2.45) is 0 Å². The maximum absolute atomic E-state index is 13.6. The molecule has 0 saturated carbocycles. The summed E-state index contributed by atoms with van der Waals surface area (Å²) < 4.78 is 64.9. The lowest BCUT2D eigenvalue weighted by Gasteiger charge is -2.28. The molecule has 0 radical (unpaired) electrons. The number of carbonyl (C=O) groups excluding carboxylic acids is 1. The minimum Gasteiger partial charge on any atom is -0.322 e. The average Bonchev–Trinajstić information content (AvgIpc) is 2.51. The lowest BCUT2D eigenvalue weighted by Crippen LogP contribution is -2.45. The summed E-state index contributed by atoms with van der Waals surface area (Å²) in [5, 5.41) is 2.27. The predicted molar refractivity (Wildman–Crippen MR) is 88.2 cm³/mol. The van der Waals surface area contributed by atoms with Crippen LogP contribution in [-0.2, 0) is 14.8 Å². The van der Waals surface area contributed by atoms with Crippen LogP contribution in [0.5, 0.6) is 0 Å². The highest BCUT2D eigenvalue weighted by molar-refractivity contribution is 7.92. The molecule has 0 saturated heterocycles. The predicted octanol–water partition coefficient (Wildman–Crippen LogP) is 2.90. The second-order valence-corrected chi connectivity index (χ2v) is 7.16. The fourth-order valence-corrected chi connectivity index (χ4v) is 3.40. The van der Waals surface area contributed by atoms with Gasteiger partial charge in [0.15, 0.2) is 11.6 Å². The van der Waals surface area contributed by atoms with Crippen LogP contribution in [0.2, 0.25) is 0 Å². The zero-order chi connectivity index (χ0) is 18.8. The van der Waals surface area contributed by atoms with Gasteiger partial charge in [-0.2, -0.15) is 0 Å². The van der Waals surface area contributed by atoms with Crippen molar-refractivity contribution in [1.82, 2.24) is 0 Å². The molecule has 2 aromatic rings. The van der Waals surface area contributed by atoms with Gasteiger partial charge in [-0.25, -0.2) is 21.6 Å². The van der Waals surface area contributed by atoms with E-state index in [9.17, 15) is 26.4 Å². The summed E-state index contributed by atoms with van der Waals surface area (Å²) in [5.41, 5.74) is -0.351. The Hall–Kier alpha value is -2.55. The van der Waals surface area contributed by atoms with Gasteiger partial charge in [0.05, 0.1) is 17.6 Å². The molecule has 1 amide bonds. The van der Waals surface area contributed by atoms with E-state index >= 15 is 0 Å². The van der Waals surface area contributed by atoms with Crippen molar-refractivity contribution >= 4 is 27.3 Å². The summed E-state index contributed by atoms with van der Waals surface area (Å²) in [6, 6.07) is 6.48. The first-order valence-electron chi connectivity index (χ1n) is 7.11. The van der Waals surface area contributed by atoms with Crippen LogP contribution in [0.3, 0.4) is 0 Å². The Labute approximate surface area is 143 Å². The molecule has 9 heteroatoms. The minimum atomic E-state index is -4.00. The van der Waals surface area contributed by atoms with Crippen LogP contribution in [0.15, 0.2) is 42.5 Å². The van der Waals surface area contributed by atoms with E-state index < -0.39 is 39.4 Å². The molecule has 1 N–H and O–H groups in total. The van der Waals surface area contributed by atoms with E-state index in [4.69, 9.17) is 0 Å². The molecule has 0 heterocycles. The summed E-state index contributed by atoms with van der Waals surface area (Å²) in [6.45, 7) is 1.25. The number of anilines is 2. The van der Waals surface area contributed by atoms with E-state index in [2.05, 4.69) is 5.32 Å². The third-order valence-electron chi connectivity index (χ3n) is 3.38. The van der Waals surface area contributed by atoms with Crippen molar-refractivity contribution in [1.29, 1.82) is 0 Å². The van der Waals surface area contributed by atoms with E-state index in [0.717, 1.165) is 24.5 Å². The summed E-state index contributed by atoms with van der Waals surface area (Å²) >= 11 is 0. The lowest BCUT2D eigenvalue weighted by molar-refractivity contribution is -0.116. The maximum atomic E-state index is 13.6. The Morgan fingerprint density at radius 1 is 1.04 bits per heavy atom. The molecule has 2 rings (SSSR count). The van der Waals surface area contributed by atoms with Gasteiger partial charge >= 0.3 is 0 Å². The molecule has 0 aromatic heterocycles. The highest BCUT2D eigenvalue weighted by Gasteiger charge is 2.30. The van der Waals surface area contributed by atoms with Gasteiger partial charge in [0.2, 0.25) is 15.9 Å². The number of para-hydroxylation sites is 1. The first kappa shape index (κ1) is 18.8. The van der Waals surface area contributed by atoms with Crippen LogP contribution in [0.1, 0.15) is 6.92 Å². The lowest BCUT2D eigenvalue weighted by atomic mass is 10.2. The SMILES string of the molecule is C[C@@H](C(=O)Nc1ccccc1F)N(c1ccc(F)c(F)c1)S(C)(=O)=O. The third kappa shape index (κ3) is 4.30. The number of hydrogen-bond acceptors (Lipinski definition) is 3. The molecule has 25 heavy (non-hydrogen) atoms. The van der Waals surface area contributed by atoms with Crippen molar-refractivity contribution in [3.63, 3.8) is 0 Å². The number of rotatable bonds is 5. The fourth-order valence-electron chi connectivity index (χ4n) is 2.23. The van der Waals surface area contributed by atoms with Crippen molar-refractivity contribution < 1.29 is 26.4 Å². The molecule has 0 unspecified atom stereocenters. The van der Waals surface area contributed by atoms with Crippen LogP contribution in [0, 0.1) is 17.5 Å². The van der Waals surface area contributed by atoms with E-state index in [1.165, 1.54) is 25.1 Å². The molecule has 1 atom stereocenters. The van der Waals surface area contributed by atoms with Crippen molar-refractivity contribution in [3.05, 3.63) is 59.9 Å². The van der Waals surface area contributed by atoms with Crippen LogP contribution < -0.4 is 9.62 Å². The molecule has 0 aliphatic heterocycles. The summed E-state index contributed by atoms with van der Waals surface area (Å²) in [6.07, 6.45) is 0.821. The van der Waals surface area contributed by atoms with Gasteiger partial charge in [-0.3, -0.25) is 9.10 Å². The molecule has 5 nitrogen and oxygen atoms in total. The third-order valence-corrected chi connectivity index (χ3v) is 4.62. The van der Waals surface area contributed by atoms with E-state index in [1.807, 2.05) is 0 Å². The second kappa shape index (κ2) is 7.14. The van der Waals surface area contributed by atoms with Gasteiger partial charge in [-0.15, -0.1) is 0 Å². The first-order valence-corrected chi connectivity index (χ1v) is 8.96. The number of halogens is 3. The number of nitrogens with one attached hydrogen (secondary N) is 1. The number of hydrogen-bond donors (Lipinski definition) is 1. The van der Waals surface area contributed by atoms with E-state index in [0.29, 0.717) is 10.4 Å². The summed E-state index contributed by atoms with van der Waals surface area (Å²) in [4.78, 5) is 12.3. The Morgan fingerprint density at radius 2 is 1.68 bits per heavy atom. The normalized spacial score (nSPS) is 12.5. The van der Waals surface area contributed by atoms with Crippen LogP contribution in [-0.4, -0.2) is 26.6 Å². The molecule has 0 spiro atoms. The van der Waals surface area contributed by atoms with Crippen LogP contribution in [0.4, 0.5) is 24.5 Å². The first-order chi connectivity index (χ1) is 11.6. The Bertz CT molecular complexity index is 903. The van der Waals surface area contributed by atoms with E-state index in [1.54, 1.807) is 0 Å². The monoisotopic (exact) mass is 372 g/mol. The van der Waals surface area contributed by atoms with Crippen LogP contribution in [0.25, 0.3) is 0 Å². The van der Waals surface area contributed by atoms with Gasteiger partial charge in [0.1, 0.15) is 11.9 Å². The summed E-state index contributed by atoms with van der Waals surface area (Å²) in [7, 11) is -4.00. The van der Waals surface area contributed by atoms with Crippen molar-refractivity contribution in [3.8, 4) is 0 Å². The highest BCUT2D eigenvalue weighted by atomic mass is 32.2. The van der Waals surface area contributed by atoms with Gasteiger partial charge in [-0.1, -0.05) is 12.1 Å². The van der Waals surface area contributed by atoms with Gasteiger partial charge in [-0.05, 0) is 31.2 Å². The molecule has 0 fully saturated rings. The molecule has 134 valence electrons. The second-order valence-electron chi connectivity index (χ2n) is 5.30. The maximum Gasteiger partial charge on any atom is 0.248 e. The number of amides is 1. The Kier molecular flexibility index (Phi) is 5.36. The highest BCUT2D eigenvalue weighted by Crippen LogP contribution is 2.24. The average molecular weight is 372 g/mol.